The minimum Gasteiger partial charge on any atom is -0.508 e. The minimum atomic E-state index is -0.459. The van der Waals surface area contributed by atoms with Crippen molar-refractivity contribution in [3.05, 3.63) is 129 Å². The van der Waals surface area contributed by atoms with E-state index in [1.165, 1.54) is 37.7 Å². The summed E-state index contributed by atoms with van der Waals surface area (Å²) in [5.41, 5.74) is 10.5. The first-order valence-electron chi connectivity index (χ1n) is 16.0. The molecule has 4 heteroatoms. The van der Waals surface area contributed by atoms with Crippen LogP contribution in [0.4, 0.5) is 0 Å². The third-order valence-corrected chi connectivity index (χ3v) is 9.69. The van der Waals surface area contributed by atoms with Gasteiger partial charge in [0.1, 0.15) is 23.0 Å². The Morgan fingerprint density at radius 2 is 0.933 bits per heavy atom. The van der Waals surface area contributed by atoms with Gasteiger partial charge in [0.15, 0.2) is 0 Å². The molecule has 0 spiro atoms. The molecule has 0 atom stereocenters. The molecule has 0 saturated heterocycles. The summed E-state index contributed by atoms with van der Waals surface area (Å²) in [5, 5.41) is 43.7. The molecule has 1 fully saturated rings. The third kappa shape index (κ3) is 6.02. The van der Waals surface area contributed by atoms with Crippen molar-refractivity contribution in [2.45, 2.75) is 71.6 Å². The van der Waals surface area contributed by atoms with Crippen LogP contribution in [-0.2, 0) is 0 Å². The first-order valence-corrected chi connectivity index (χ1v) is 16.0. The van der Waals surface area contributed by atoms with Crippen molar-refractivity contribution in [1.82, 2.24) is 0 Å². The molecule has 45 heavy (non-hydrogen) atoms. The zero-order valence-electron chi connectivity index (χ0n) is 26.6. The molecule has 0 amide bonds. The summed E-state index contributed by atoms with van der Waals surface area (Å²) in [4.78, 5) is 0. The second-order valence-corrected chi connectivity index (χ2v) is 12.9. The van der Waals surface area contributed by atoms with Crippen LogP contribution in [0.3, 0.4) is 0 Å². The van der Waals surface area contributed by atoms with Crippen LogP contribution in [0.1, 0.15) is 88.4 Å². The molecule has 0 radical (unpaired) electrons. The summed E-state index contributed by atoms with van der Waals surface area (Å²) in [5.74, 6) is 0.982. The van der Waals surface area contributed by atoms with Gasteiger partial charge in [-0.25, -0.2) is 0 Å². The maximum Gasteiger partial charge on any atom is 0.122 e. The lowest BCUT2D eigenvalue weighted by molar-refractivity contribution is 0.443. The Kier molecular flexibility index (Phi) is 8.33. The highest BCUT2D eigenvalue weighted by atomic mass is 16.3. The molecule has 5 aromatic carbocycles. The Labute approximate surface area is 266 Å². The molecule has 1 aliphatic rings. The monoisotopic (exact) mass is 598 g/mol. The van der Waals surface area contributed by atoms with Crippen LogP contribution >= 0.6 is 0 Å². The molecule has 4 N–H and O–H groups in total. The van der Waals surface area contributed by atoms with E-state index in [1.807, 2.05) is 76.2 Å². The number of phenolic OH excluding ortho intramolecular Hbond substituents is 4. The summed E-state index contributed by atoms with van der Waals surface area (Å²) in [6.45, 7) is 7.56. The number of rotatable bonds is 6. The van der Waals surface area contributed by atoms with E-state index in [9.17, 15) is 20.4 Å². The van der Waals surface area contributed by atoms with Gasteiger partial charge in [0.25, 0.3) is 0 Å². The average molecular weight is 599 g/mol. The largest absolute Gasteiger partial charge is 0.508 e. The van der Waals surface area contributed by atoms with Gasteiger partial charge in [-0.05, 0) is 151 Å². The summed E-state index contributed by atoms with van der Waals surface area (Å²) < 4.78 is 0. The van der Waals surface area contributed by atoms with Gasteiger partial charge in [0, 0.05) is 17.0 Å². The second kappa shape index (κ2) is 12.4. The number of phenols is 4. The van der Waals surface area contributed by atoms with Crippen molar-refractivity contribution in [3.8, 4) is 45.3 Å². The van der Waals surface area contributed by atoms with Crippen LogP contribution in [0.15, 0.2) is 84.9 Å². The average Bonchev–Trinajstić information content (AvgIpc) is 3.04. The van der Waals surface area contributed by atoms with Crippen molar-refractivity contribution in [2.75, 3.05) is 0 Å². The fourth-order valence-electron chi connectivity index (χ4n) is 6.98. The molecule has 0 aromatic heterocycles. The Morgan fingerprint density at radius 3 is 1.38 bits per heavy atom. The van der Waals surface area contributed by atoms with Crippen molar-refractivity contribution in [3.63, 3.8) is 0 Å². The normalized spacial score (nSPS) is 13.8. The lowest BCUT2D eigenvalue weighted by Crippen LogP contribution is -2.08. The highest BCUT2D eigenvalue weighted by Gasteiger charge is 2.27. The third-order valence-electron chi connectivity index (χ3n) is 9.69. The topological polar surface area (TPSA) is 80.9 Å². The van der Waals surface area contributed by atoms with Gasteiger partial charge in [0.05, 0.1) is 0 Å². The van der Waals surface area contributed by atoms with Crippen LogP contribution in [0.5, 0.6) is 23.0 Å². The number of benzene rings is 5. The Morgan fingerprint density at radius 1 is 0.489 bits per heavy atom. The van der Waals surface area contributed by atoms with E-state index in [2.05, 4.69) is 24.3 Å². The Bertz CT molecular complexity index is 1760. The van der Waals surface area contributed by atoms with Crippen LogP contribution < -0.4 is 0 Å². The van der Waals surface area contributed by atoms with Gasteiger partial charge < -0.3 is 20.4 Å². The molecule has 0 unspecified atom stereocenters. The lowest BCUT2D eigenvalue weighted by atomic mass is 9.79. The summed E-state index contributed by atoms with van der Waals surface area (Å²) in [7, 11) is 0. The molecule has 1 saturated carbocycles. The molecule has 5 aromatic rings. The van der Waals surface area contributed by atoms with Crippen LogP contribution in [-0.4, -0.2) is 20.4 Å². The van der Waals surface area contributed by atoms with Crippen LogP contribution in [0.25, 0.3) is 22.3 Å². The SMILES string of the molecule is Cc1cc(-c2cc(C)c(O)c(C(c3ccc(C4CCCCC4)cc3)c3cc(-c4ccc(O)c(C)c4)cc(C)c3O)c2)ccc1O. The van der Waals surface area contributed by atoms with Gasteiger partial charge >= 0.3 is 0 Å². The van der Waals surface area contributed by atoms with Gasteiger partial charge in [0.2, 0.25) is 0 Å². The second-order valence-electron chi connectivity index (χ2n) is 12.9. The van der Waals surface area contributed by atoms with Crippen LogP contribution in [0, 0.1) is 27.7 Å². The fraction of sp³-hybridized carbons (Fsp3) is 0.268. The van der Waals surface area contributed by atoms with E-state index >= 15 is 0 Å². The maximum atomic E-state index is 11.7. The first kappa shape index (κ1) is 30.3. The van der Waals surface area contributed by atoms with Crippen molar-refractivity contribution in [2.24, 2.45) is 0 Å². The molecule has 4 nitrogen and oxygen atoms in total. The number of hydrogen-bond donors (Lipinski definition) is 4. The zero-order chi connectivity index (χ0) is 31.8. The maximum absolute atomic E-state index is 11.7. The number of aromatic hydroxyl groups is 4. The van der Waals surface area contributed by atoms with E-state index in [4.69, 9.17) is 0 Å². The predicted octanol–water partition coefficient (Wildman–Crippen LogP) is 10.3. The van der Waals surface area contributed by atoms with Crippen LogP contribution in [0.2, 0.25) is 0 Å². The smallest absolute Gasteiger partial charge is 0.122 e. The number of aryl methyl sites for hydroxylation is 4. The Balaban J connectivity index is 1.56. The fourth-order valence-corrected chi connectivity index (χ4v) is 6.98. The van der Waals surface area contributed by atoms with Gasteiger partial charge in [-0.3, -0.25) is 0 Å². The van der Waals surface area contributed by atoms with Gasteiger partial charge in [-0.1, -0.05) is 55.7 Å². The van der Waals surface area contributed by atoms with E-state index in [0.29, 0.717) is 17.0 Å². The van der Waals surface area contributed by atoms with E-state index in [1.54, 1.807) is 12.1 Å². The standard InChI is InChI=1S/C41H42O4/c1-24-18-31(14-16-37(24)42)33-20-26(3)40(44)35(22-33)39(30-12-10-29(11-13-30)28-8-6-5-7-9-28)36-23-34(21-27(4)41(36)45)32-15-17-38(43)25(2)19-32/h10-23,28,39,42-45H,5-9H2,1-4H3. The molecule has 230 valence electrons. The van der Waals surface area contributed by atoms with Crippen molar-refractivity contribution >= 4 is 0 Å². The molecular weight excluding hydrogens is 556 g/mol. The van der Waals surface area contributed by atoms with E-state index in [-0.39, 0.29) is 23.0 Å². The van der Waals surface area contributed by atoms with Crippen molar-refractivity contribution < 1.29 is 20.4 Å². The molecule has 0 aliphatic heterocycles. The molecule has 0 bridgehead atoms. The van der Waals surface area contributed by atoms with E-state index in [0.717, 1.165) is 50.1 Å². The lowest BCUT2D eigenvalue weighted by Gasteiger charge is -2.26. The number of hydrogen-bond acceptors (Lipinski definition) is 4. The highest BCUT2D eigenvalue weighted by molar-refractivity contribution is 5.73. The van der Waals surface area contributed by atoms with Gasteiger partial charge in [-0.15, -0.1) is 0 Å². The van der Waals surface area contributed by atoms with E-state index < -0.39 is 5.92 Å². The first-order chi connectivity index (χ1) is 21.6. The molecule has 1 aliphatic carbocycles. The molecule has 0 heterocycles. The summed E-state index contributed by atoms with van der Waals surface area (Å²) >= 11 is 0. The Hall–Kier alpha value is -4.70. The molecular formula is C41H42O4. The highest BCUT2D eigenvalue weighted by Crippen LogP contribution is 2.46. The minimum absolute atomic E-state index is 0.193. The summed E-state index contributed by atoms with van der Waals surface area (Å²) in [6.07, 6.45) is 6.27. The molecule has 6 rings (SSSR count). The van der Waals surface area contributed by atoms with Crippen molar-refractivity contribution in [1.29, 1.82) is 0 Å². The quantitative estimate of drug-likeness (QED) is 0.147. The summed E-state index contributed by atoms with van der Waals surface area (Å²) in [6, 6.07) is 27.8. The zero-order valence-corrected chi connectivity index (χ0v) is 26.6. The van der Waals surface area contributed by atoms with Gasteiger partial charge in [-0.2, -0.15) is 0 Å². The predicted molar refractivity (Wildman–Crippen MR) is 183 cm³/mol.